The molecular weight excluding hydrogens is 178 g/mol. The second kappa shape index (κ2) is 4.28. The molecule has 0 aromatic carbocycles. The van der Waals surface area contributed by atoms with Crippen LogP contribution in [-0.4, -0.2) is 35.5 Å². The minimum Gasteiger partial charge on any atom is -0.376 e. The van der Waals surface area contributed by atoms with Gasteiger partial charge in [-0.3, -0.25) is 0 Å². The quantitative estimate of drug-likeness (QED) is 0.522. The van der Waals surface area contributed by atoms with Gasteiger partial charge >= 0.3 is 0 Å². The molecule has 1 heterocycles. The maximum Gasteiger partial charge on any atom is 0.133 e. The monoisotopic (exact) mass is 191 g/mol. The lowest BCUT2D eigenvalue weighted by molar-refractivity contribution is 0.0968. The third kappa shape index (κ3) is 2.97. The van der Waals surface area contributed by atoms with E-state index in [-0.39, 0.29) is 0 Å². The molecule has 0 aromatic rings. The summed E-state index contributed by atoms with van der Waals surface area (Å²) < 4.78 is 6.08. The molecule has 1 aliphatic heterocycles. The van der Waals surface area contributed by atoms with Crippen molar-refractivity contribution in [1.29, 1.82) is 0 Å². The first-order valence-electron chi connectivity index (χ1n) is 3.76. The number of thiol groups is 1. The number of likely N-dealkylation sites (N-methyl/N-ethyl adjacent to an activating group) is 1. The van der Waals surface area contributed by atoms with Crippen molar-refractivity contribution in [3.8, 4) is 0 Å². The normalized spacial score (nSPS) is 23.6. The maximum absolute atomic E-state index is 5.44. The molecule has 0 bridgehead atoms. The molecule has 11 heavy (non-hydrogen) atoms. The molecule has 1 saturated heterocycles. The lowest BCUT2D eigenvalue weighted by Gasteiger charge is -2.20. The minimum atomic E-state index is 0.366. The summed E-state index contributed by atoms with van der Waals surface area (Å²) in [6, 6.07) is 0. The Morgan fingerprint density at radius 3 is 3.00 bits per heavy atom. The Kier molecular flexibility index (Phi) is 3.62. The molecule has 0 amide bonds. The molecule has 64 valence electrons. The van der Waals surface area contributed by atoms with Crippen molar-refractivity contribution >= 4 is 29.2 Å². The summed E-state index contributed by atoms with van der Waals surface area (Å²) in [5.41, 5.74) is 0. The van der Waals surface area contributed by atoms with Crippen LogP contribution in [0.4, 0.5) is 0 Å². The summed E-state index contributed by atoms with van der Waals surface area (Å²) in [4.78, 5) is 1.94. The lowest BCUT2D eigenvalue weighted by Crippen LogP contribution is -2.30. The van der Waals surface area contributed by atoms with E-state index in [2.05, 4.69) is 12.6 Å². The summed E-state index contributed by atoms with van der Waals surface area (Å²) in [5, 5.41) is 0. The van der Waals surface area contributed by atoms with E-state index in [4.69, 9.17) is 17.0 Å². The zero-order valence-electron chi connectivity index (χ0n) is 6.62. The number of hydrogen-bond acceptors (Lipinski definition) is 2. The molecular formula is C7H13NOS2. The first-order valence-corrected chi connectivity index (χ1v) is 4.61. The van der Waals surface area contributed by atoms with E-state index in [9.17, 15) is 0 Å². The number of thiocarbonyl (C=S) groups is 1. The van der Waals surface area contributed by atoms with E-state index in [0.717, 1.165) is 19.6 Å². The van der Waals surface area contributed by atoms with E-state index in [1.54, 1.807) is 0 Å². The standard InChI is InChI=1S/C7H13NOS2/c1-8(7(10)11)5-6-3-2-4-9-6/h6H,2-5H2,1H3,(H,10,11). The van der Waals surface area contributed by atoms with Crippen molar-refractivity contribution < 1.29 is 4.74 Å². The Bertz CT molecular complexity index is 145. The number of nitrogens with zero attached hydrogens (tertiary/aromatic N) is 1. The molecule has 0 aliphatic carbocycles. The Balaban J connectivity index is 2.23. The summed E-state index contributed by atoms with van der Waals surface area (Å²) in [5.74, 6) is 0. The van der Waals surface area contributed by atoms with E-state index in [1.807, 2.05) is 11.9 Å². The van der Waals surface area contributed by atoms with Gasteiger partial charge in [-0.25, -0.2) is 0 Å². The van der Waals surface area contributed by atoms with Crippen LogP contribution in [0.25, 0.3) is 0 Å². The van der Waals surface area contributed by atoms with Gasteiger partial charge in [-0.15, -0.1) is 12.6 Å². The van der Waals surface area contributed by atoms with Crippen molar-refractivity contribution in [1.82, 2.24) is 4.90 Å². The van der Waals surface area contributed by atoms with Crippen molar-refractivity contribution in [2.24, 2.45) is 0 Å². The first kappa shape index (κ1) is 9.29. The van der Waals surface area contributed by atoms with E-state index in [0.29, 0.717) is 10.4 Å². The predicted octanol–water partition coefficient (Wildman–Crippen LogP) is 1.31. The summed E-state index contributed by atoms with van der Waals surface area (Å²) >= 11 is 8.95. The zero-order valence-corrected chi connectivity index (χ0v) is 8.33. The summed E-state index contributed by atoms with van der Waals surface area (Å²) in [6.45, 7) is 1.78. The topological polar surface area (TPSA) is 12.5 Å². The van der Waals surface area contributed by atoms with Gasteiger partial charge in [0.2, 0.25) is 0 Å². The van der Waals surface area contributed by atoms with Gasteiger partial charge in [0.15, 0.2) is 0 Å². The van der Waals surface area contributed by atoms with Gasteiger partial charge in [-0.2, -0.15) is 0 Å². The molecule has 1 fully saturated rings. The molecule has 1 unspecified atom stereocenters. The van der Waals surface area contributed by atoms with Crippen molar-refractivity contribution in [3.63, 3.8) is 0 Å². The zero-order chi connectivity index (χ0) is 8.27. The van der Waals surface area contributed by atoms with Crippen molar-refractivity contribution in [3.05, 3.63) is 0 Å². The molecule has 0 N–H and O–H groups in total. The van der Waals surface area contributed by atoms with Crippen LogP contribution in [0.2, 0.25) is 0 Å². The molecule has 2 nitrogen and oxygen atoms in total. The molecule has 1 atom stereocenters. The van der Waals surface area contributed by atoms with Crippen LogP contribution in [0, 0.1) is 0 Å². The third-order valence-corrected chi connectivity index (χ3v) is 2.48. The Morgan fingerprint density at radius 2 is 2.55 bits per heavy atom. The number of hydrogen-bond donors (Lipinski definition) is 1. The van der Waals surface area contributed by atoms with Crippen LogP contribution < -0.4 is 0 Å². The van der Waals surface area contributed by atoms with Crippen molar-refractivity contribution in [2.75, 3.05) is 20.2 Å². The third-order valence-electron chi connectivity index (χ3n) is 1.83. The SMILES string of the molecule is CN(CC1CCCO1)C(=S)S. The van der Waals surface area contributed by atoms with Gasteiger partial charge in [0.25, 0.3) is 0 Å². The van der Waals surface area contributed by atoms with E-state index < -0.39 is 0 Å². The van der Waals surface area contributed by atoms with Crippen LogP contribution in [0.3, 0.4) is 0 Å². The molecule has 4 heteroatoms. The van der Waals surface area contributed by atoms with E-state index >= 15 is 0 Å². The van der Waals surface area contributed by atoms with Gasteiger partial charge in [-0.1, -0.05) is 12.2 Å². The van der Waals surface area contributed by atoms with Crippen LogP contribution in [0.1, 0.15) is 12.8 Å². The summed E-state index contributed by atoms with van der Waals surface area (Å²) in [6.07, 6.45) is 2.70. The van der Waals surface area contributed by atoms with Crippen LogP contribution in [0.5, 0.6) is 0 Å². The molecule has 0 spiro atoms. The largest absolute Gasteiger partial charge is 0.376 e. The highest BCUT2D eigenvalue weighted by Crippen LogP contribution is 2.13. The summed E-state index contributed by atoms with van der Waals surface area (Å²) in [7, 11) is 1.94. The van der Waals surface area contributed by atoms with Crippen LogP contribution >= 0.6 is 24.8 Å². The molecule has 1 rings (SSSR count). The van der Waals surface area contributed by atoms with Gasteiger partial charge < -0.3 is 9.64 Å². The van der Waals surface area contributed by atoms with Gasteiger partial charge in [0.05, 0.1) is 6.10 Å². The van der Waals surface area contributed by atoms with Gasteiger partial charge in [0.1, 0.15) is 4.32 Å². The minimum absolute atomic E-state index is 0.366. The Labute approximate surface area is 78.3 Å². The van der Waals surface area contributed by atoms with Crippen LogP contribution in [-0.2, 0) is 4.74 Å². The number of ether oxygens (including phenoxy) is 1. The average Bonchev–Trinajstić information content (AvgIpc) is 2.39. The Hall–Kier alpha value is 0.200. The second-order valence-corrected chi connectivity index (χ2v) is 3.91. The average molecular weight is 191 g/mol. The second-order valence-electron chi connectivity index (χ2n) is 2.80. The van der Waals surface area contributed by atoms with Crippen LogP contribution in [0.15, 0.2) is 0 Å². The smallest absolute Gasteiger partial charge is 0.133 e. The van der Waals surface area contributed by atoms with Gasteiger partial charge in [-0.05, 0) is 12.8 Å². The molecule has 1 aliphatic rings. The fourth-order valence-corrected chi connectivity index (χ4v) is 1.33. The van der Waals surface area contributed by atoms with Gasteiger partial charge in [0, 0.05) is 20.2 Å². The highest BCUT2D eigenvalue weighted by Gasteiger charge is 2.17. The molecule has 0 radical (unpaired) electrons. The highest BCUT2D eigenvalue weighted by atomic mass is 32.1. The predicted molar refractivity (Wildman–Crippen MR) is 53.2 cm³/mol. The fraction of sp³-hybridized carbons (Fsp3) is 0.857. The fourth-order valence-electron chi connectivity index (χ4n) is 1.17. The number of rotatable bonds is 2. The highest BCUT2D eigenvalue weighted by molar-refractivity contribution is 8.10. The molecule has 0 aromatic heterocycles. The van der Waals surface area contributed by atoms with E-state index in [1.165, 1.54) is 6.42 Å². The maximum atomic E-state index is 5.44. The lowest BCUT2D eigenvalue weighted by atomic mass is 10.2. The first-order chi connectivity index (χ1) is 5.20. The van der Waals surface area contributed by atoms with Crippen molar-refractivity contribution in [2.45, 2.75) is 18.9 Å². The molecule has 0 saturated carbocycles. The Morgan fingerprint density at radius 1 is 1.82 bits per heavy atom.